The molecule has 1 aromatic heterocycles. The van der Waals surface area contributed by atoms with Crippen molar-refractivity contribution < 1.29 is 9.90 Å². The van der Waals surface area contributed by atoms with Crippen LogP contribution in [-0.4, -0.2) is 46.2 Å². The molecule has 2 heterocycles. The first-order valence-electron chi connectivity index (χ1n) is 7.81. The van der Waals surface area contributed by atoms with E-state index >= 15 is 0 Å². The van der Waals surface area contributed by atoms with Gasteiger partial charge in [0.2, 0.25) is 11.9 Å². The fourth-order valence-electron chi connectivity index (χ4n) is 2.70. The van der Waals surface area contributed by atoms with Crippen molar-refractivity contribution in [3.8, 4) is 0 Å². The molecule has 1 saturated heterocycles. The molecule has 2 rings (SSSR count). The van der Waals surface area contributed by atoms with Gasteiger partial charge in [0.1, 0.15) is 0 Å². The number of carbonyl (C=O) groups excluding carboxylic acids is 1. The summed E-state index contributed by atoms with van der Waals surface area (Å²) in [5.74, 6) is 0.605. The molecule has 0 saturated carbocycles. The highest BCUT2D eigenvalue weighted by molar-refractivity contribution is 5.80. The van der Waals surface area contributed by atoms with Crippen LogP contribution in [0.4, 0.5) is 5.95 Å². The maximum absolute atomic E-state index is 12.4. The lowest BCUT2D eigenvalue weighted by Crippen LogP contribution is -2.51. The Morgan fingerprint density at radius 1 is 1.41 bits per heavy atom. The molecular formula is C16H26N4O2. The molecule has 1 fully saturated rings. The van der Waals surface area contributed by atoms with Crippen molar-refractivity contribution in [2.75, 3.05) is 24.6 Å². The Balaban J connectivity index is 2.07. The summed E-state index contributed by atoms with van der Waals surface area (Å²) in [4.78, 5) is 23.4. The van der Waals surface area contributed by atoms with Crippen LogP contribution >= 0.6 is 0 Å². The molecule has 0 unspecified atom stereocenters. The lowest BCUT2D eigenvalue weighted by atomic mass is 9.95. The van der Waals surface area contributed by atoms with Crippen LogP contribution < -0.4 is 10.2 Å². The van der Waals surface area contributed by atoms with Gasteiger partial charge in [-0.15, -0.1) is 0 Å². The van der Waals surface area contributed by atoms with Crippen LogP contribution in [0.1, 0.15) is 38.1 Å². The molecule has 0 aromatic carbocycles. The molecular weight excluding hydrogens is 280 g/mol. The minimum absolute atomic E-state index is 0.00637. The number of nitrogens with one attached hydrogen (secondary N) is 1. The van der Waals surface area contributed by atoms with Crippen molar-refractivity contribution >= 4 is 11.9 Å². The Bertz CT molecular complexity index is 525. The number of aliphatic hydroxyl groups excluding tert-OH is 1. The third-order valence-corrected chi connectivity index (χ3v) is 3.90. The number of piperidine rings is 1. The summed E-state index contributed by atoms with van der Waals surface area (Å²) >= 11 is 0. The van der Waals surface area contributed by atoms with E-state index < -0.39 is 5.54 Å². The standard InChI is InChI=1S/C16H26N4O2/c1-11-8-12(2)18-15(17-11)20-7-5-6-13(9-20)14(22)19-16(3,4)10-21/h8,13,21H,5-7,9-10H2,1-4H3,(H,19,22)/t13-/m0/s1. The van der Waals surface area contributed by atoms with Gasteiger partial charge < -0.3 is 15.3 Å². The van der Waals surface area contributed by atoms with Crippen LogP contribution in [-0.2, 0) is 4.79 Å². The van der Waals surface area contributed by atoms with E-state index in [2.05, 4.69) is 20.2 Å². The van der Waals surface area contributed by atoms with Gasteiger partial charge >= 0.3 is 0 Å². The predicted molar refractivity (Wildman–Crippen MR) is 85.8 cm³/mol. The van der Waals surface area contributed by atoms with E-state index in [1.54, 1.807) is 0 Å². The van der Waals surface area contributed by atoms with Crippen molar-refractivity contribution in [3.05, 3.63) is 17.5 Å². The Labute approximate surface area is 132 Å². The molecule has 122 valence electrons. The molecule has 0 spiro atoms. The molecule has 1 amide bonds. The molecule has 1 aliphatic heterocycles. The van der Waals surface area contributed by atoms with Crippen LogP contribution in [0.15, 0.2) is 6.07 Å². The molecule has 0 bridgehead atoms. The number of hydrogen-bond acceptors (Lipinski definition) is 5. The third kappa shape index (κ3) is 4.16. The van der Waals surface area contributed by atoms with Crippen LogP contribution in [0.25, 0.3) is 0 Å². The second-order valence-corrected chi connectivity index (χ2v) is 6.77. The fraction of sp³-hybridized carbons (Fsp3) is 0.688. The molecule has 6 heteroatoms. The Kier molecular flexibility index (Phi) is 5.01. The van der Waals surface area contributed by atoms with Crippen LogP contribution in [0, 0.1) is 19.8 Å². The third-order valence-electron chi connectivity index (χ3n) is 3.90. The van der Waals surface area contributed by atoms with Crippen molar-refractivity contribution in [2.24, 2.45) is 5.92 Å². The number of carbonyl (C=O) groups is 1. The molecule has 0 aliphatic carbocycles. The first kappa shape index (κ1) is 16.7. The summed E-state index contributed by atoms with van der Waals surface area (Å²) in [7, 11) is 0. The van der Waals surface area contributed by atoms with Gasteiger partial charge in [0.25, 0.3) is 0 Å². The number of rotatable bonds is 4. The van der Waals surface area contributed by atoms with E-state index in [1.165, 1.54) is 0 Å². The number of aromatic nitrogens is 2. The first-order valence-corrected chi connectivity index (χ1v) is 7.81. The number of amides is 1. The molecule has 2 N–H and O–H groups in total. The lowest BCUT2D eigenvalue weighted by molar-refractivity contribution is -0.127. The van der Waals surface area contributed by atoms with Gasteiger partial charge in [-0.1, -0.05) is 0 Å². The van der Waals surface area contributed by atoms with Gasteiger partial charge in [0.15, 0.2) is 0 Å². The van der Waals surface area contributed by atoms with E-state index in [4.69, 9.17) is 0 Å². The van der Waals surface area contributed by atoms with E-state index in [0.717, 1.165) is 30.8 Å². The number of nitrogens with zero attached hydrogens (tertiary/aromatic N) is 3. The monoisotopic (exact) mass is 306 g/mol. The lowest BCUT2D eigenvalue weighted by Gasteiger charge is -2.34. The largest absolute Gasteiger partial charge is 0.394 e. The highest BCUT2D eigenvalue weighted by atomic mass is 16.3. The van der Waals surface area contributed by atoms with Gasteiger partial charge in [0.05, 0.1) is 18.1 Å². The first-order chi connectivity index (χ1) is 10.3. The van der Waals surface area contributed by atoms with Crippen LogP contribution in [0.3, 0.4) is 0 Å². The quantitative estimate of drug-likeness (QED) is 0.874. The molecule has 22 heavy (non-hydrogen) atoms. The zero-order valence-corrected chi connectivity index (χ0v) is 13.9. The van der Waals surface area contributed by atoms with Crippen molar-refractivity contribution in [1.29, 1.82) is 0 Å². The summed E-state index contributed by atoms with van der Waals surface area (Å²) < 4.78 is 0. The Morgan fingerprint density at radius 3 is 2.64 bits per heavy atom. The second kappa shape index (κ2) is 6.60. The van der Waals surface area contributed by atoms with Gasteiger partial charge in [0, 0.05) is 24.5 Å². The molecule has 1 aliphatic rings. The molecule has 6 nitrogen and oxygen atoms in total. The fourth-order valence-corrected chi connectivity index (χ4v) is 2.70. The summed E-state index contributed by atoms with van der Waals surface area (Å²) in [5.41, 5.74) is 1.29. The average Bonchev–Trinajstić information content (AvgIpc) is 2.46. The predicted octanol–water partition coefficient (Wildman–Crippen LogP) is 1.20. The average molecular weight is 306 g/mol. The van der Waals surface area contributed by atoms with E-state index in [9.17, 15) is 9.90 Å². The van der Waals surface area contributed by atoms with Crippen molar-refractivity contribution in [3.63, 3.8) is 0 Å². The zero-order valence-electron chi connectivity index (χ0n) is 13.9. The van der Waals surface area contributed by atoms with Crippen molar-refractivity contribution in [1.82, 2.24) is 15.3 Å². The maximum atomic E-state index is 12.4. The van der Waals surface area contributed by atoms with Crippen LogP contribution in [0.5, 0.6) is 0 Å². The topological polar surface area (TPSA) is 78.4 Å². The summed E-state index contributed by atoms with van der Waals surface area (Å²) in [6.07, 6.45) is 1.79. The minimum atomic E-state index is -0.588. The maximum Gasteiger partial charge on any atom is 0.225 e. The highest BCUT2D eigenvalue weighted by Gasteiger charge is 2.30. The molecule has 0 radical (unpaired) electrons. The van der Waals surface area contributed by atoms with Gasteiger partial charge in [-0.3, -0.25) is 4.79 Å². The molecule has 1 atom stereocenters. The zero-order chi connectivity index (χ0) is 16.3. The van der Waals surface area contributed by atoms with Gasteiger partial charge in [-0.2, -0.15) is 0 Å². The minimum Gasteiger partial charge on any atom is -0.394 e. The Hall–Kier alpha value is -1.69. The normalized spacial score (nSPS) is 19.1. The van der Waals surface area contributed by atoms with E-state index in [0.29, 0.717) is 12.5 Å². The van der Waals surface area contributed by atoms with E-state index in [-0.39, 0.29) is 18.4 Å². The second-order valence-electron chi connectivity index (χ2n) is 6.77. The summed E-state index contributed by atoms with van der Waals surface area (Å²) in [6.45, 7) is 8.96. The van der Waals surface area contributed by atoms with E-state index in [1.807, 2.05) is 33.8 Å². The Morgan fingerprint density at radius 2 is 2.05 bits per heavy atom. The highest BCUT2D eigenvalue weighted by Crippen LogP contribution is 2.21. The molecule has 1 aromatic rings. The van der Waals surface area contributed by atoms with Crippen molar-refractivity contribution in [2.45, 2.75) is 46.1 Å². The number of aliphatic hydroxyl groups is 1. The number of aryl methyl sites for hydroxylation is 2. The summed E-state index contributed by atoms with van der Waals surface area (Å²) in [5, 5.41) is 12.2. The van der Waals surface area contributed by atoms with Gasteiger partial charge in [-0.25, -0.2) is 9.97 Å². The number of hydrogen-bond donors (Lipinski definition) is 2. The smallest absolute Gasteiger partial charge is 0.225 e. The van der Waals surface area contributed by atoms with Gasteiger partial charge in [-0.05, 0) is 46.6 Å². The summed E-state index contributed by atoms with van der Waals surface area (Å²) in [6, 6.07) is 1.95. The van der Waals surface area contributed by atoms with Crippen LogP contribution in [0.2, 0.25) is 0 Å². The SMILES string of the molecule is Cc1cc(C)nc(N2CCC[C@H](C(=O)NC(C)(C)CO)C2)n1. The number of anilines is 1.